The van der Waals surface area contributed by atoms with Crippen LogP contribution < -0.4 is 9.21 Å². The quantitative estimate of drug-likeness (QED) is 0.529. The molecule has 0 spiro atoms. The highest BCUT2D eigenvalue weighted by Gasteiger charge is 2.31. The Morgan fingerprint density at radius 1 is 0.971 bits per heavy atom. The van der Waals surface area contributed by atoms with Gasteiger partial charge in [-0.05, 0) is 43.7 Å². The molecule has 184 valence electrons. The van der Waals surface area contributed by atoms with Gasteiger partial charge < -0.3 is 9.80 Å². The van der Waals surface area contributed by atoms with E-state index < -0.39 is 10.0 Å². The lowest BCUT2D eigenvalue weighted by molar-refractivity contribution is -0.917. The van der Waals surface area contributed by atoms with E-state index in [-0.39, 0.29) is 17.3 Å². The molecule has 1 fully saturated rings. The van der Waals surface area contributed by atoms with Crippen LogP contribution in [0.1, 0.15) is 16.7 Å². The van der Waals surface area contributed by atoms with E-state index in [1.807, 2.05) is 32.0 Å². The maximum Gasteiger partial charge on any atom is 0.264 e. The van der Waals surface area contributed by atoms with E-state index in [1.54, 1.807) is 47.4 Å². The number of carbonyl (C=O) groups excluding carboxylic acids is 1. The Labute approximate surface area is 212 Å². The molecule has 3 aromatic rings. The number of nitrogens with zero attached hydrogens (tertiary/aromatic N) is 2. The average Bonchev–Trinajstić information content (AvgIpc) is 2.85. The predicted octanol–water partition coefficient (Wildman–Crippen LogP) is 3.08. The number of nitrogens with one attached hydrogen (secondary N) is 1. The van der Waals surface area contributed by atoms with E-state index in [0.29, 0.717) is 23.8 Å². The molecule has 1 N–H and O–H groups in total. The topological polar surface area (TPSA) is 62.1 Å². The molecule has 1 aliphatic rings. The van der Waals surface area contributed by atoms with Crippen LogP contribution in [0.4, 0.5) is 5.69 Å². The number of carbonyl (C=O) groups is 1. The van der Waals surface area contributed by atoms with Crippen LogP contribution in [0.15, 0.2) is 77.7 Å². The highest BCUT2D eigenvalue weighted by molar-refractivity contribution is 7.92. The first kappa shape index (κ1) is 25.2. The molecule has 35 heavy (non-hydrogen) atoms. The van der Waals surface area contributed by atoms with Crippen LogP contribution >= 0.6 is 11.6 Å². The van der Waals surface area contributed by atoms with Crippen molar-refractivity contribution in [1.29, 1.82) is 0 Å². The van der Waals surface area contributed by atoms with Crippen LogP contribution in [-0.2, 0) is 21.4 Å². The van der Waals surface area contributed by atoms with Crippen LogP contribution in [-0.4, -0.2) is 51.9 Å². The molecule has 1 saturated heterocycles. The predicted molar refractivity (Wildman–Crippen MR) is 139 cm³/mol. The summed E-state index contributed by atoms with van der Waals surface area (Å²) in [5, 5.41) is 0.456. The summed E-state index contributed by atoms with van der Waals surface area (Å²) in [6.07, 6.45) is 0. The van der Waals surface area contributed by atoms with Crippen molar-refractivity contribution < 1.29 is 18.1 Å². The lowest BCUT2D eigenvalue weighted by atomic mass is 10.2. The zero-order valence-corrected chi connectivity index (χ0v) is 21.6. The Morgan fingerprint density at radius 3 is 2.26 bits per heavy atom. The van der Waals surface area contributed by atoms with Gasteiger partial charge in [0.25, 0.3) is 10.0 Å². The van der Waals surface area contributed by atoms with Crippen molar-refractivity contribution in [3.8, 4) is 0 Å². The maximum absolute atomic E-state index is 13.6. The van der Waals surface area contributed by atoms with E-state index in [2.05, 4.69) is 12.1 Å². The largest absolute Gasteiger partial charge is 0.330 e. The summed E-state index contributed by atoms with van der Waals surface area (Å²) in [5.41, 5.74) is 3.45. The number of hydrogen-bond donors (Lipinski definition) is 1. The number of quaternary nitrogens is 1. The molecule has 0 radical (unpaired) electrons. The fourth-order valence-corrected chi connectivity index (χ4v) is 5.83. The Kier molecular flexibility index (Phi) is 7.79. The summed E-state index contributed by atoms with van der Waals surface area (Å²) in [4.78, 5) is 16.6. The molecule has 1 aliphatic heterocycles. The molecule has 0 saturated carbocycles. The van der Waals surface area contributed by atoms with Gasteiger partial charge in [0.2, 0.25) is 5.91 Å². The molecule has 0 atom stereocenters. The summed E-state index contributed by atoms with van der Waals surface area (Å²) < 4.78 is 28.4. The standard InChI is InChI=1S/C27H30ClN3O3S/c1-21-8-12-25(13-9-21)35(33,34)31(24-11-10-22(2)26(28)18-24)20-27(32)30-16-14-29(15-17-30)19-23-6-4-3-5-7-23/h3-13,18H,14-17,19-20H2,1-2H3/p+1. The van der Waals surface area contributed by atoms with Crippen molar-refractivity contribution >= 4 is 33.2 Å². The third-order valence-electron chi connectivity index (χ3n) is 6.45. The first-order chi connectivity index (χ1) is 16.7. The van der Waals surface area contributed by atoms with E-state index in [4.69, 9.17) is 11.6 Å². The van der Waals surface area contributed by atoms with Crippen molar-refractivity contribution in [3.05, 3.63) is 94.5 Å². The van der Waals surface area contributed by atoms with Gasteiger partial charge in [0.05, 0.1) is 36.8 Å². The van der Waals surface area contributed by atoms with Crippen LogP contribution in [0.2, 0.25) is 5.02 Å². The second-order valence-corrected chi connectivity index (χ2v) is 11.3. The molecular weight excluding hydrogens is 482 g/mol. The molecule has 0 unspecified atom stereocenters. The number of amides is 1. The summed E-state index contributed by atoms with van der Waals surface area (Å²) in [5.74, 6) is -0.212. The van der Waals surface area contributed by atoms with Gasteiger partial charge in [-0.15, -0.1) is 0 Å². The van der Waals surface area contributed by atoms with Crippen LogP contribution in [0.5, 0.6) is 0 Å². The Balaban J connectivity index is 1.51. The fraction of sp³-hybridized carbons (Fsp3) is 0.296. The number of sulfonamides is 1. The molecule has 0 aliphatic carbocycles. The summed E-state index contributed by atoms with van der Waals surface area (Å²) >= 11 is 6.32. The van der Waals surface area contributed by atoms with Gasteiger partial charge in [-0.3, -0.25) is 9.10 Å². The normalized spacial score (nSPS) is 14.7. The minimum atomic E-state index is -3.96. The molecule has 0 bridgehead atoms. The zero-order chi connectivity index (χ0) is 25.0. The Hall–Kier alpha value is -2.87. The van der Waals surface area contributed by atoms with E-state index >= 15 is 0 Å². The Bertz CT molecular complexity index is 1270. The number of rotatable bonds is 7. The van der Waals surface area contributed by atoms with E-state index in [0.717, 1.165) is 30.8 Å². The van der Waals surface area contributed by atoms with Crippen LogP contribution in [0.3, 0.4) is 0 Å². The molecule has 3 aromatic carbocycles. The minimum Gasteiger partial charge on any atom is -0.330 e. The van der Waals surface area contributed by atoms with Crippen molar-refractivity contribution in [2.45, 2.75) is 25.3 Å². The number of hydrogen-bond acceptors (Lipinski definition) is 3. The first-order valence-corrected chi connectivity index (χ1v) is 13.6. The molecule has 0 aromatic heterocycles. The van der Waals surface area contributed by atoms with Crippen molar-refractivity contribution in [2.24, 2.45) is 0 Å². The number of benzene rings is 3. The monoisotopic (exact) mass is 512 g/mol. The van der Waals surface area contributed by atoms with Crippen molar-refractivity contribution in [3.63, 3.8) is 0 Å². The summed E-state index contributed by atoms with van der Waals surface area (Å²) in [6.45, 7) is 7.22. The lowest BCUT2D eigenvalue weighted by Gasteiger charge is -2.34. The summed E-state index contributed by atoms with van der Waals surface area (Å²) in [7, 11) is -3.96. The summed E-state index contributed by atoms with van der Waals surface area (Å²) in [6, 6.07) is 22.0. The molecule has 4 rings (SSSR count). The number of piperazine rings is 1. The SMILES string of the molecule is Cc1ccc(S(=O)(=O)N(CC(=O)N2CC[NH+](Cc3ccccc3)CC2)c2ccc(C)c(Cl)c2)cc1. The van der Waals surface area contributed by atoms with Gasteiger partial charge in [-0.2, -0.15) is 0 Å². The molecule has 1 heterocycles. The van der Waals surface area contributed by atoms with E-state index in [1.165, 1.54) is 14.8 Å². The smallest absolute Gasteiger partial charge is 0.264 e. The lowest BCUT2D eigenvalue weighted by Crippen LogP contribution is -3.13. The molecule has 8 heteroatoms. The molecule has 1 amide bonds. The highest BCUT2D eigenvalue weighted by atomic mass is 35.5. The van der Waals surface area contributed by atoms with Gasteiger partial charge in [0.15, 0.2) is 0 Å². The van der Waals surface area contributed by atoms with Crippen molar-refractivity contribution in [2.75, 3.05) is 37.0 Å². The number of aryl methyl sites for hydroxylation is 2. The van der Waals surface area contributed by atoms with Crippen LogP contribution in [0.25, 0.3) is 0 Å². The van der Waals surface area contributed by atoms with Gasteiger partial charge in [0, 0.05) is 10.6 Å². The third-order valence-corrected chi connectivity index (χ3v) is 8.65. The second-order valence-electron chi connectivity index (χ2n) is 9.05. The second kappa shape index (κ2) is 10.8. The average molecular weight is 513 g/mol. The van der Waals surface area contributed by atoms with Gasteiger partial charge in [-0.25, -0.2) is 8.42 Å². The minimum absolute atomic E-state index is 0.143. The zero-order valence-electron chi connectivity index (χ0n) is 20.1. The molecular formula is C27H31ClN3O3S+. The fourth-order valence-electron chi connectivity index (χ4n) is 4.25. The third kappa shape index (κ3) is 6.04. The van der Waals surface area contributed by atoms with Gasteiger partial charge in [-0.1, -0.05) is 65.7 Å². The Morgan fingerprint density at radius 2 is 1.63 bits per heavy atom. The van der Waals surface area contributed by atoms with Crippen molar-refractivity contribution in [1.82, 2.24) is 4.90 Å². The van der Waals surface area contributed by atoms with Gasteiger partial charge >= 0.3 is 0 Å². The number of anilines is 1. The highest BCUT2D eigenvalue weighted by Crippen LogP contribution is 2.28. The van der Waals surface area contributed by atoms with Gasteiger partial charge in [0.1, 0.15) is 13.1 Å². The number of halogens is 1. The first-order valence-electron chi connectivity index (χ1n) is 11.7. The molecule has 6 nitrogen and oxygen atoms in total. The maximum atomic E-state index is 13.6. The van der Waals surface area contributed by atoms with Crippen LogP contribution in [0, 0.1) is 13.8 Å². The van der Waals surface area contributed by atoms with E-state index in [9.17, 15) is 13.2 Å².